The van der Waals surface area contributed by atoms with Gasteiger partial charge in [-0.05, 0) is 23.6 Å². The van der Waals surface area contributed by atoms with Crippen LogP contribution in [0.15, 0.2) is 34.5 Å². The van der Waals surface area contributed by atoms with Crippen molar-refractivity contribution in [3.05, 3.63) is 46.2 Å². The fraction of sp³-hybridized carbons (Fsp3) is 0.0909. The van der Waals surface area contributed by atoms with E-state index in [0.29, 0.717) is 0 Å². The van der Waals surface area contributed by atoms with Gasteiger partial charge >= 0.3 is 0 Å². The first-order valence-electron chi connectivity index (χ1n) is 5.17. The molecule has 19 heavy (non-hydrogen) atoms. The van der Waals surface area contributed by atoms with Crippen LogP contribution in [0.5, 0.6) is 0 Å². The van der Waals surface area contributed by atoms with Gasteiger partial charge in [0.2, 0.25) is 10.0 Å². The van der Waals surface area contributed by atoms with Crippen molar-refractivity contribution in [2.24, 2.45) is 0 Å². The molecule has 0 radical (unpaired) electrons. The minimum absolute atomic E-state index is 0.0245. The summed E-state index contributed by atoms with van der Waals surface area (Å²) >= 11 is 1.34. The Morgan fingerprint density at radius 1 is 1.26 bits per heavy atom. The molecule has 0 fully saturated rings. The molecule has 102 valence electrons. The molecule has 0 saturated carbocycles. The van der Waals surface area contributed by atoms with Crippen LogP contribution in [0, 0.1) is 11.6 Å². The van der Waals surface area contributed by atoms with Gasteiger partial charge in [0.25, 0.3) is 0 Å². The van der Waals surface area contributed by atoms with E-state index in [1.54, 1.807) is 17.5 Å². The summed E-state index contributed by atoms with van der Waals surface area (Å²) in [7, 11) is -4.26. The van der Waals surface area contributed by atoms with Crippen LogP contribution < -0.4 is 10.5 Å². The summed E-state index contributed by atoms with van der Waals surface area (Å²) < 4.78 is 52.9. The number of anilines is 1. The van der Waals surface area contributed by atoms with Crippen LogP contribution >= 0.6 is 11.3 Å². The van der Waals surface area contributed by atoms with Crippen LogP contribution in [0.1, 0.15) is 4.88 Å². The summed E-state index contributed by atoms with van der Waals surface area (Å²) in [6.07, 6.45) is 0. The minimum Gasteiger partial charge on any atom is -0.399 e. The van der Waals surface area contributed by atoms with Gasteiger partial charge in [0.15, 0.2) is 4.90 Å². The number of hydrogen-bond donors (Lipinski definition) is 2. The third-order valence-electron chi connectivity index (χ3n) is 2.31. The van der Waals surface area contributed by atoms with Crippen molar-refractivity contribution in [3.8, 4) is 0 Å². The number of sulfonamides is 1. The summed E-state index contributed by atoms with van der Waals surface area (Å²) in [5.74, 6) is -2.42. The van der Waals surface area contributed by atoms with Gasteiger partial charge in [-0.1, -0.05) is 6.07 Å². The van der Waals surface area contributed by atoms with E-state index in [1.165, 1.54) is 11.3 Å². The predicted molar refractivity (Wildman–Crippen MR) is 69.1 cm³/mol. The molecular formula is C11H10F2N2O2S2. The fourth-order valence-electron chi connectivity index (χ4n) is 1.49. The molecule has 0 aliphatic rings. The third-order valence-corrected chi connectivity index (χ3v) is 4.63. The molecule has 0 aliphatic carbocycles. The van der Waals surface area contributed by atoms with Crippen molar-refractivity contribution in [2.75, 3.05) is 5.73 Å². The zero-order chi connectivity index (χ0) is 14.0. The Hall–Kier alpha value is -1.51. The molecule has 0 amide bonds. The molecule has 1 aromatic carbocycles. The monoisotopic (exact) mass is 304 g/mol. The Bertz CT molecular complexity index is 662. The highest BCUT2D eigenvalue weighted by Gasteiger charge is 2.24. The van der Waals surface area contributed by atoms with Gasteiger partial charge in [-0.25, -0.2) is 21.9 Å². The Morgan fingerprint density at radius 3 is 2.42 bits per heavy atom. The van der Waals surface area contributed by atoms with Gasteiger partial charge in [-0.15, -0.1) is 11.3 Å². The molecule has 1 heterocycles. The zero-order valence-electron chi connectivity index (χ0n) is 9.56. The first-order valence-corrected chi connectivity index (χ1v) is 7.53. The van der Waals surface area contributed by atoms with E-state index < -0.39 is 26.6 Å². The first kappa shape index (κ1) is 13.9. The number of halogens is 2. The maximum Gasteiger partial charge on any atom is 0.246 e. The molecule has 3 N–H and O–H groups in total. The summed E-state index contributed by atoms with van der Waals surface area (Å²) in [6.45, 7) is -0.0245. The Labute approximate surface area is 112 Å². The van der Waals surface area contributed by atoms with Crippen molar-refractivity contribution in [3.63, 3.8) is 0 Å². The maximum absolute atomic E-state index is 13.5. The molecule has 2 aromatic rings. The number of nitrogens with two attached hydrogens (primary N) is 1. The van der Waals surface area contributed by atoms with Crippen LogP contribution in [0.3, 0.4) is 0 Å². The standard InChI is InChI=1S/C11H10F2N2O2S2/c12-9-4-7(14)5-10(13)11(9)19(16,17)15-6-8-2-1-3-18-8/h1-5,15H,6,14H2. The smallest absolute Gasteiger partial charge is 0.246 e. The number of nitrogens with one attached hydrogen (secondary N) is 1. The number of hydrogen-bond acceptors (Lipinski definition) is 4. The average molecular weight is 304 g/mol. The first-order chi connectivity index (χ1) is 8.90. The Balaban J connectivity index is 2.29. The van der Waals surface area contributed by atoms with Crippen LogP contribution in [0.25, 0.3) is 0 Å². The normalized spacial score (nSPS) is 11.7. The second kappa shape index (κ2) is 5.24. The van der Waals surface area contributed by atoms with Gasteiger partial charge in [0.05, 0.1) is 0 Å². The molecule has 4 nitrogen and oxygen atoms in total. The largest absolute Gasteiger partial charge is 0.399 e. The lowest BCUT2D eigenvalue weighted by molar-refractivity contribution is 0.515. The summed E-state index contributed by atoms with van der Waals surface area (Å²) in [6, 6.07) is 4.99. The number of rotatable bonds is 4. The number of nitrogen functional groups attached to an aromatic ring is 1. The number of benzene rings is 1. The van der Waals surface area contributed by atoms with Crippen LogP contribution in [-0.2, 0) is 16.6 Å². The van der Waals surface area contributed by atoms with E-state index in [9.17, 15) is 17.2 Å². The van der Waals surface area contributed by atoms with E-state index >= 15 is 0 Å². The Morgan fingerprint density at radius 2 is 1.89 bits per heavy atom. The van der Waals surface area contributed by atoms with Gasteiger partial charge in [0, 0.05) is 17.1 Å². The van der Waals surface area contributed by atoms with Gasteiger partial charge in [0.1, 0.15) is 11.6 Å². The van der Waals surface area contributed by atoms with Crippen molar-refractivity contribution < 1.29 is 17.2 Å². The summed E-state index contributed by atoms with van der Waals surface area (Å²) in [4.78, 5) is -0.280. The van der Waals surface area contributed by atoms with Crippen molar-refractivity contribution in [1.29, 1.82) is 0 Å². The summed E-state index contributed by atoms with van der Waals surface area (Å²) in [5.41, 5.74) is 5.06. The lowest BCUT2D eigenvalue weighted by atomic mass is 10.3. The van der Waals surface area contributed by atoms with E-state index in [4.69, 9.17) is 5.73 Å². The Kier molecular flexibility index (Phi) is 3.83. The van der Waals surface area contributed by atoms with E-state index in [0.717, 1.165) is 17.0 Å². The SMILES string of the molecule is Nc1cc(F)c(S(=O)(=O)NCc2cccs2)c(F)c1. The van der Waals surface area contributed by atoms with Crippen molar-refractivity contribution in [1.82, 2.24) is 4.72 Å². The van der Waals surface area contributed by atoms with Crippen LogP contribution in [-0.4, -0.2) is 8.42 Å². The molecule has 0 bridgehead atoms. The maximum atomic E-state index is 13.5. The van der Waals surface area contributed by atoms with Crippen LogP contribution in [0.4, 0.5) is 14.5 Å². The van der Waals surface area contributed by atoms with E-state index in [1.807, 2.05) is 0 Å². The van der Waals surface area contributed by atoms with Crippen LogP contribution in [0.2, 0.25) is 0 Å². The minimum atomic E-state index is -4.26. The number of thiophene rings is 1. The average Bonchev–Trinajstić information content (AvgIpc) is 2.77. The fourth-order valence-corrected chi connectivity index (χ4v) is 3.34. The quantitative estimate of drug-likeness (QED) is 0.850. The van der Waals surface area contributed by atoms with Gasteiger partial charge in [-0.2, -0.15) is 0 Å². The second-order valence-electron chi connectivity index (χ2n) is 3.72. The highest BCUT2D eigenvalue weighted by molar-refractivity contribution is 7.89. The predicted octanol–water partition coefficient (Wildman–Crippen LogP) is 2.09. The van der Waals surface area contributed by atoms with Crippen molar-refractivity contribution >= 4 is 27.0 Å². The molecule has 8 heteroatoms. The lowest BCUT2D eigenvalue weighted by Crippen LogP contribution is -2.25. The molecule has 0 spiro atoms. The molecule has 1 aromatic heterocycles. The molecule has 0 atom stereocenters. The molecule has 0 saturated heterocycles. The second-order valence-corrected chi connectivity index (χ2v) is 6.45. The molecule has 2 rings (SSSR count). The van der Waals surface area contributed by atoms with Gasteiger partial charge in [-0.3, -0.25) is 0 Å². The highest BCUT2D eigenvalue weighted by atomic mass is 32.2. The van der Waals surface area contributed by atoms with E-state index in [-0.39, 0.29) is 12.2 Å². The van der Waals surface area contributed by atoms with Crippen molar-refractivity contribution in [2.45, 2.75) is 11.4 Å². The van der Waals surface area contributed by atoms with E-state index in [2.05, 4.69) is 4.72 Å². The zero-order valence-corrected chi connectivity index (χ0v) is 11.2. The molecule has 0 unspecified atom stereocenters. The third kappa shape index (κ3) is 3.09. The summed E-state index contributed by atoms with van der Waals surface area (Å²) in [5, 5.41) is 1.77. The van der Waals surface area contributed by atoms with Gasteiger partial charge < -0.3 is 5.73 Å². The lowest BCUT2D eigenvalue weighted by Gasteiger charge is -2.08. The topological polar surface area (TPSA) is 72.2 Å². The molecule has 0 aliphatic heterocycles. The molecular weight excluding hydrogens is 294 g/mol. The highest BCUT2D eigenvalue weighted by Crippen LogP contribution is 2.22.